The highest BCUT2D eigenvalue weighted by atomic mass is 16.5. The first kappa shape index (κ1) is 11.4. The summed E-state index contributed by atoms with van der Waals surface area (Å²) in [4.78, 5) is 10.9. The fraction of sp³-hybridized carbons (Fsp3) is 0.778. The van der Waals surface area contributed by atoms with Crippen molar-refractivity contribution in [2.75, 3.05) is 19.8 Å². The van der Waals surface area contributed by atoms with E-state index in [-0.39, 0.29) is 5.97 Å². The highest BCUT2D eigenvalue weighted by molar-refractivity contribution is 5.69. The molecule has 71 valence electrons. The lowest BCUT2D eigenvalue weighted by Gasteiger charge is -2.03. The molecule has 0 aliphatic carbocycles. The standard InChI is InChI=1S/C9H17O3/c1-3-5-7-12-9(10)6-8-11-4-2/h2-8H2,1H3. The van der Waals surface area contributed by atoms with Gasteiger partial charge in [0.1, 0.15) is 0 Å². The van der Waals surface area contributed by atoms with Gasteiger partial charge < -0.3 is 9.47 Å². The number of carbonyl (C=O) groups is 1. The van der Waals surface area contributed by atoms with Crippen molar-refractivity contribution in [1.82, 2.24) is 0 Å². The van der Waals surface area contributed by atoms with E-state index in [0.29, 0.717) is 26.2 Å². The van der Waals surface area contributed by atoms with Crippen LogP contribution in [-0.2, 0) is 14.3 Å². The molecule has 3 nitrogen and oxygen atoms in total. The van der Waals surface area contributed by atoms with Crippen LogP contribution in [0.3, 0.4) is 0 Å². The maximum atomic E-state index is 10.9. The normalized spacial score (nSPS) is 9.83. The average Bonchev–Trinajstić information content (AvgIpc) is 2.06. The number of esters is 1. The monoisotopic (exact) mass is 173 g/mol. The molecule has 0 bridgehead atoms. The van der Waals surface area contributed by atoms with E-state index in [4.69, 9.17) is 9.47 Å². The lowest BCUT2D eigenvalue weighted by molar-refractivity contribution is -0.144. The van der Waals surface area contributed by atoms with Gasteiger partial charge in [0.25, 0.3) is 0 Å². The molecule has 0 aromatic heterocycles. The second-order valence-electron chi connectivity index (χ2n) is 2.44. The van der Waals surface area contributed by atoms with E-state index in [1.807, 2.05) is 0 Å². The smallest absolute Gasteiger partial charge is 0.308 e. The highest BCUT2D eigenvalue weighted by Gasteiger charge is 2.00. The minimum atomic E-state index is -0.183. The Kier molecular flexibility index (Phi) is 8.12. The van der Waals surface area contributed by atoms with Gasteiger partial charge in [-0.2, -0.15) is 0 Å². The largest absolute Gasteiger partial charge is 0.466 e. The van der Waals surface area contributed by atoms with Crippen LogP contribution in [-0.4, -0.2) is 25.8 Å². The molecule has 0 aliphatic heterocycles. The predicted molar refractivity (Wildman–Crippen MR) is 46.7 cm³/mol. The average molecular weight is 173 g/mol. The van der Waals surface area contributed by atoms with Gasteiger partial charge in [-0.25, -0.2) is 0 Å². The second-order valence-corrected chi connectivity index (χ2v) is 2.44. The zero-order chi connectivity index (χ0) is 9.23. The molecule has 3 heteroatoms. The quantitative estimate of drug-likeness (QED) is 0.433. The van der Waals surface area contributed by atoms with Crippen LogP contribution < -0.4 is 0 Å². The van der Waals surface area contributed by atoms with Crippen molar-refractivity contribution in [2.45, 2.75) is 26.2 Å². The van der Waals surface area contributed by atoms with Crippen molar-refractivity contribution in [3.63, 3.8) is 0 Å². The van der Waals surface area contributed by atoms with E-state index in [0.717, 1.165) is 12.8 Å². The van der Waals surface area contributed by atoms with Crippen LogP contribution >= 0.6 is 0 Å². The summed E-state index contributed by atoms with van der Waals surface area (Å²) in [7, 11) is 0. The summed E-state index contributed by atoms with van der Waals surface area (Å²) in [5.74, 6) is -0.183. The summed E-state index contributed by atoms with van der Waals surface area (Å²) in [5, 5.41) is 0. The molecule has 0 spiro atoms. The molecule has 0 aliphatic rings. The predicted octanol–water partition coefficient (Wildman–Crippen LogP) is 1.57. The molecule has 1 radical (unpaired) electrons. The number of rotatable bonds is 7. The Bertz CT molecular complexity index is 100. The Labute approximate surface area is 74.0 Å². The molecule has 0 unspecified atom stereocenters. The van der Waals surface area contributed by atoms with E-state index in [1.54, 1.807) is 0 Å². The minimum absolute atomic E-state index is 0.183. The molecule has 0 amide bonds. The summed E-state index contributed by atoms with van der Waals surface area (Å²) in [6.07, 6.45) is 2.31. The van der Waals surface area contributed by atoms with Crippen LogP contribution in [0.5, 0.6) is 0 Å². The zero-order valence-corrected chi connectivity index (χ0v) is 7.67. The van der Waals surface area contributed by atoms with Crippen LogP contribution in [0, 0.1) is 6.92 Å². The number of hydrogen-bond donors (Lipinski definition) is 0. The van der Waals surface area contributed by atoms with Gasteiger partial charge in [0.15, 0.2) is 0 Å². The number of carbonyl (C=O) groups excluding carboxylic acids is 1. The Balaban J connectivity index is 3.10. The lowest BCUT2D eigenvalue weighted by atomic mass is 10.4. The molecule has 0 saturated carbocycles. The minimum Gasteiger partial charge on any atom is -0.466 e. The van der Waals surface area contributed by atoms with Gasteiger partial charge in [-0.15, -0.1) is 0 Å². The summed E-state index contributed by atoms with van der Waals surface area (Å²) in [5.41, 5.74) is 0. The van der Waals surface area contributed by atoms with Crippen LogP contribution in [0.1, 0.15) is 26.2 Å². The number of hydrogen-bond acceptors (Lipinski definition) is 3. The Morgan fingerprint density at radius 2 is 2.17 bits per heavy atom. The van der Waals surface area contributed by atoms with Gasteiger partial charge in [-0.05, 0) is 13.3 Å². The highest BCUT2D eigenvalue weighted by Crippen LogP contribution is 1.92. The summed E-state index contributed by atoms with van der Waals surface area (Å²) >= 11 is 0. The first-order valence-corrected chi connectivity index (χ1v) is 4.33. The molecule has 0 heterocycles. The van der Waals surface area contributed by atoms with Crippen LogP contribution in [0.15, 0.2) is 0 Å². The van der Waals surface area contributed by atoms with Gasteiger partial charge in [0, 0.05) is 6.61 Å². The molecular formula is C9H17O3. The van der Waals surface area contributed by atoms with Gasteiger partial charge in [-0.3, -0.25) is 4.79 Å². The van der Waals surface area contributed by atoms with Crippen molar-refractivity contribution < 1.29 is 14.3 Å². The number of unbranched alkanes of at least 4 members (excludes halogenated alkanes) is 1. The molecule has 0 N–H and O–H groups in total. The first-order chi connectivity index (χ1) is 5.81. The first-order valence-electron chi connectivity index (χ1n) is 4.33. The van der Waals surface area contributed by atoms with Crippen LogP contribution in [0.25, 0.3) is 0 Å². The molecule has 0 aromatic carbocycles. The van der Waals surface area contributed by atoms with Crippen molar-refractivity contribution in [3.8, 4) is 0 Å². The molecule has 12 heavy (non-hydrogen) atoms. The van der Waals surface area contributed by atoms with Crippen molar-refractivity contribution in [1.29, 1.82) is 0 Å². The maximum absolute atomic E-state index is 10.9. The third-order valence-corrected chi connectivity index (χ3v) is 1.36. The van der Waals surface area contributed by atoms with E-state index in [9.17, 15) is 4.79 Å². The molecule has 0 atom stereocenters. The van der Waals surface area contributed by atoms with E-state index >= 15 is 0 Å². The maximum Gasteiger partial charge on any atom is 0.308 e. The summed E-state index contributed by atoms with van der Waals surface area (Å²) in [6, 6.07) is 0. The number of ether oxygens (including phenoxy) is 2. The second kappa shape index (κ2) is 8.53. The van der Waals surface area contributed by atoms with Gasteiger partial charge in [0.05, 0.1) is 19.6 Å². The third kappa shape index (κ3) is 7.54. The Morgan fingerprint density at radius 3 is 2.75 bits per heavy atom. The lowest BCUT2D eigenvalue weighted by Crippen LogP contribution is -2.09. The van der Waals surface area contributed by atoms with Crippen molar-refractivity contribution >= 4 is 5.97 Å². The van der Waals surface area contributed by atoms with Crippen LogP contribution in [0.2, 0.25) is 0 Å². The fourth-order valence-corrected chi connectivity index (χ4v) is 0.660. The van der Waals surface area contributed by atoms with Gasteiger partial charge in [-0.1, -0.05) is 13.3 Å². The third-order valence-electron chi connectivity index (χ3n) is 1.36. The van der Waals surface area contributed by atoms with E-state index in [2.05, 4.69) is 13.8 Å². The topological polar surface area (TPSA) is 35.5 Å². The van der Waals surface area contributed by atoms with Gasteiger partial charge >= 0.3 is 5.97 Å². The summed E-state index contributed by atoms with van der Waals surface area (Å²) < 4.78 is 9.79. The van der Waals surface area contributed by atoms with Gasteiger partial charge in [0.2, 0.25) is 0 Å². The summed E-state index contributed by atoms with van der Waals surface area (Å²) in [6.45, 7) is 6.88. The SMILES string of the molecule is [CH2]COCCC(=O)OCCCC. The molecular weight excluding hydrogens is 156 g/mol. The van der Waals surface area contributed by atoms with E-state index in [1.165, 1.54) is 0 Å². The molecule has 0 saturated heterocycles. The molecule has 0 aromatic rings. The zero-order valence-electron chi connectivity index (χ0n) is 7.67. The van der Waals surface area contributed by atoms with Crippen molar-refractivity contribution in [2.24, 2.45) is 0 Å². The molecule has 0 rings (SSSR count). The van der Waals surface area contributed by atoms with Crippen molar-refractivity contribution in [3.05, 3.63) is 6.92 Å². The van der Waals surface area contributed by atoms with Crippen LogP contribution in [0.4, 0.5) is 0 Å². The Hall–Kier alpha value is -0.570. The molecule has 0 fully saturated rings. The fourth-order valence-electron chi connectivity index (χ4n) is 0.660. The van der Waals surface area contributed by atoms with E-state index < -0.39 is 0 Å². The Morgan fingerprint density at radius 1 is 1.42 bits per heavy atom.